The summed E-state index contributed by atoms with van der Waals surface area (Å²) < 4.78 is 0. The third-order valence-electron chi connectivity index (χ3n) is 3.17. The maximum Gasteiger partial charge on any atom is 0.303 e. The molecule has 1 heterocycles. The van der Waals surface area contributed by atoms with Crippen molar-refractivity contribution in [2.45, 2.75) is 25.7 Å². The van der Waals surface area contributed by atoms with Gasteiger partial charge in [0, 0.05) is 30.1 Å². The first-order chi connectivity index (χ1) is 9.66. The van der Waals surface area contributed by atoms with Crippen molar-refractivity contribution in [1.29, 1.82) is 0 Å². The number of aromatic amines is 1. The number of H-pyrrole nitrogens is 1. The molecule has 1 aromatic heterocycles. The molecule has 1 amide bonds. The minimum absolute atomic E-state index is 0.0370. The van der Waals surface area contributed by atoms with Gasteiger partial charge in [0.2, 0.25) is 5.91 Å². The molecule has 0 radical (unpaired) electrons. The summed E-state index contributed by atoms with van der Waals surface area (Å²) in [4.78, 5) is 25.3. The molecule has 5 heteroatoms. The molecule has 106 valence electrons. The summed E-state index contributed by atoms with van der Waals surface area (Å²) in [5, 5.41) is 12.4. The van der Waals surface area contributed by atoms with Gasteiger partial charge in [-0.3, -0.25) is 9.59 Å². The summed E-state index contributed by atoms with van der Waals surface area (Å²) in [5.74, 6) is -0.833. The number of hydrogen-bond acceptors (Lipinski definition) is 2. The lowest BCUT2D eigenvalue weighted by Gasteiger charge is -2.04. The Hall–Kier alpha value is -2.30. The van der Waals surface area contributed by atoms with Crippen LogP contribution in [0.2, 0.25) is 0 Å². The molecule has 0 bridgehead atoms. The molecule has 0 atom stereocenters. The molecule has 0 aliphatic carbocycles. The predicted molar refractivity (Wildman–Crippen MR) is 76.5 cm³/mol. The van der Waals surface area contributed by atoms with Crippen LogP contribution in [-0.2, 0) is 16.0 Å². The average molecular weight is 274 g/mol. The Morgan fingerprint density at radius 2 is 2.00 bits per heavy atom. The third kappa shape index (κ3) is 3.85. The van der Waals surface area contributed by atoms with Gasteiger partial charge in [-0.05, 0) is 24.5 Å². The fraction of sp³-hybridized carbons (Fsp3) is 0.333. The zero-order valence-electron chi connectivity index (χ0n) is 11.2. The summed E-state index contributed by atoms with van der Waals surface area (Å²) in [6.45, 7) is 0.522. The van der Waals surface area contributed by atoms with E-state index in [1.165, 1.54) is 0 Å². The number of aromatic nitrogens is 1. The minimum atomic E-state index is -0.796. The van der Waals surface area contributed by atoms with Gasteiger partial charge in [-0.1, -0.05) is 18.2 Å². The Labute approximate surface area is 117 Å². The van der Waals surface area contributed by atoms with Crippen molar-refractivity contribution in [1.82, 2.24) is 10.3 Å². The van der Waals surface area contributed by atoms with E-state index in [0.717, 1.165) is 16.5 Å². The molecule has 0 aliphatic heterocycles. The summed E-state index contributed by atoms with van der Waals surface area (Å²) in [6.07, 6.45) is 3.62. The number of carbonyl (C=O) groups is 2. The van der Waals surface area contributed by atoms with Gasteiger partial charge in [0.25, 0.3) is 0 Å². The van der Waals surface area contributed by atoms with Crippen LogP contribution in [0.5, 0.6) is 0 Å². The van der Waals surface area contributed by atoms with Crippen molar-refractivity contribution in [2.75, 3.05) is 6.54 Å². The van der Waals surface area contributed by atoms with E-state index in [-0.39, 0.29) is 12.3 Å². The number of hydrogen-bond donors (Lipinski definition) is 3. The molecule has 0 fully saturated rings. The van der Waals surface area contributed by atoms with Crippen LogP contribution in [0, 0.1) is 0 Å². The molecule has 2 rings (SSSR count). The highest BCUT2D eigenvalue weighted by Crippen LogP contribution is 2.17. The average Bonchev–Trinajstić information content (AvgIpc) is 2.81. The van der Waals surface area contributed by atoms with E-state index in [1.807, 2.05) is 30.5 Å². The zero-order chi connectivity index (χ0) is 14.4. The predicted octanol–water partition coefficient (Wildman–Crippen LogP) is 2.08. The quantitative estimate of drug-likeness (QED) is 0.676. The molecule has 1 aromatic carbocycles. The van der Waals surface area contributed by atoms with E-state index in [1.54, 1.807) is 0 Å². The first-order valence-electron chi connectivity index (χ1n) is 6.70. The number of aliphatic carboxylic acids is 1. The van der Waals surface area contributed by atoms with E-state index in [9.17, 15) is 9.59 Å². The molecule has 5 nitrogen and oxygen atoms in total. The second-order valence-corrected chi connectivity index (χ2v) is 4.74. The second-order valence-electron chi connectivity index (χ2n) is 4.74. The molecule has 0 spiro atoms. The van der Waals surface area contributed by atoms with Crippen LogP contribution in [-0.4, -0.2) is 28.5 Å². The topological polar surface area (TPSA) is 82.2 Å². The van der Waals surface area contributed by atoms with E-state index in [0.29, 0.717) is 25.8 Å². The molecular formula is C15H18N2O3. The smallest absolute Gasteiger partial charge is 0.303 e. The number of carboxylic acids is 1. The van der Waals surface area contributed by atoms with E-state index in [2.05, 4.69) is 10.3 Å². The van der Waals surface area contributed by atoms with Crippen molar-refractivity contribution in [2.24, 2.45) is 0 Å². The fourth-order valence-electron chi connectivity index (χ4n) is 2.14. The number of rotatable bonds is 7. The highest BCUT2D eigenvalue weighted by Gasteiger charge is 2.08. The Kier molecular flexibility index (Phi) is 4.76. The monoisotopic (exact) mass is 274 g/mol. The third-order valence-corrected chi connectivity index (χ3v) is 3.17. The summed E-state index contributed by atoms with van der Waals surface area (Å²) in [5.41, 5.74) is 2.00. The van der Waals surface area contributed by atoms with Crippen molar-refractivity contribution in [3.8, 4) is 0 Å². The number of para-hydroxylation sites is 1. The Morgan fingerprint density at radius 3 is 2.80 bits per heavy atom. The van der Waals surface area contributed by atoms with Crippen LogP contribution in [0.1, 0.15) is 24.8 Å². The second kappa shape index (κ2) is 6.75. The molecule has 0 aliphatic rings. The van der Waals surface area contributed by atoms with Gasteiger partial charge in [0.15, 0.2) is 0 Å². The normalized spacial score (nSPS) is 10.6. The lowest BCUT2D eigenvalue weighted by atomic mass is 10.1. The van der Waals surface area contributed by atoms with Crippen LogP contribution in [0.3, 0.4) is 0 Å². The standard InChI is InChI=1S/C15H18N2O3/c18-14(16-8-4-3-7-15(19)20)9-11-10-17-13-6-2-1-5-12(11)13/h1-2,5-6,10,17H,3-4,7-9H2,(H,16,18)(H,19,20). The molecule has 0 saturated carbocycles. The van der Waals surface area contributed by atoms with Crippen LogP contribution < -0.4 is 5.32 Å². The zero-order valence-corrected chi connectivity index (χ0v) is 11.2. The minimum Gasteiger partial charge on any atom is -0.481 e. The van der Waals surface area contributed by atoms with Gasteiger partial charge in [-0.25, -0.2) is 0 Å². The maximum atomic E-state index is 11.8. The van der Waals surface area contributed by atoms with Crippen molar-refractivity contribution >= 4 is 22.8 Å². The lowest BCUT2D eigenvalue weighted by Crippen LogP contribution is -2.26. The molecule has 20 heavy (non-hydrogen) atoms. The Morgan fingerprint density at radius 1 is 1.20 bits per heavy atom. The number of unbranched alkanes of at least 4 members (excludes halogenated alkanes) is 1. The molecule has 0 unspecified atom stereocenters. The number of carboxylic acid groups (broad SMARTS) is 1. The molecule has 2 aromatic rings. The van der Waals surface area contributed by atoms with Crippen LogP contribution in [0.25, 0.3) is 10.9 Å². The highest BCUT2D eigenvalue weighted by molar-refractivity contribution is 5.88. The van der Waals surface area contributed by atoms with Crippen LogP contribution in [0.4, 0.5) is 0 Å². The summed E-state index contributed by atoms with van der Waals surface area (Å²) in [7, 11) is 0. The summed E-state index contributed by atoms with van der Waals surface area (Å²) >= 11 is 0. The largest absolute Gasteiger partial charge is 0.481 e. The van der Waals surface area contributed by atoms with Gasteiger partial charge in [-0.15, -0.1) is 0 Å². The van der Waals surface area contributed by atoms with Gasteiger partial charge in [0.05, 0.1) is 6.42 Å². The molecular weight excluding hydrogens is 256 g/mol. The van der Waals surface area contributed by atoms with E-state index >= 15 is 0 Å². The number of carbonyl (C=O) groups excluding carboxylic acids is 1. The van der Waals surface area contributed by atoms with Gasteiger partial charge < -0.3 is 15.4 Å². The molecule has 3 N–H and O–H groups in total. The van der Waals surface area contributed by atoms with Crippen molar-refractivity contribution in [3.63, 3.8) is 0 Å². The Balaban J connectivity index is 1.78. The van der Waals surface area contributed by atoms with Crippen LogP contribution >= 0.6 is 0 Å². The van der Waals surface area contributed by atoms with Gasteiger partial charge in [-0.2, -0.15) is 0 Å². The first kappa shape index (κ1) is 14.1. The number of benzene rings is 1. The van der Waals surface area contributed by atoms with Crippen LogP contribution in [0.15, 0.2) is 30.5 Å². The maximum absolute atomic E-state index is 11.8. The number of fused-ring (bicyclic) bond motifs is 1. The van der Waals surface area contributed by atoms with E-state index in [4.69, 9.17) is 5.11 Å². The first-order valence-corrected chi connectivity index (χ1v) is 6.70. The SMILES string of the molecule is O=C(O)CCCCNC(=O)Cc1c[nH]c2ccccc12. The highest BCUT2D eigenvalue weighted by atomic mass is 16.4. The van der Waals surface area contributed by atoms with Crippen molar-refractivity contribution in [3.05, 3.63) is 36.0 Å². The van der Waals surface area contributed by atoms with E-state index < -0.39 is 5.97 Å². The Bertz CT molecular complexity index is 604. The van der Waals surface area contributed by atoms with Gasteiger partial charge in [0.1, 0.15) is 0 Å². The lowest BCUT2D eigenvalue weighted by molar-refractivity contribution is -0.137. The summed E-state index contributed by atoms with van der Waals surface area (Å²) in [6, 6.07) is 7.86. The number of nitrogens with one attached hydrogen (secondary N) is 2. The molecule has 0 saturated heterocycles. The fourth-order valence-corrected chi connectivity index (χ4v) is 2.14. The van der Waals surface area contributed by atoms with Gasteiger partial charge >= 0.3 is 5.97 Å². The van der Waals surface area contributed by atoms with Crippen molar-refractivity contribution < 1.29 is 14.7 Å². The number of amides is 1.